The number of amides is 2. The summed E-state index contributed by atoms with van der Waals surface area (Å²) in [4.78, 5) is 66.3. The molecule has 2 saturated heterocycles. The number of hydrogen-bond acceptors (Lipinski definition) is 12. The molecule has 8 rings (SSSR count). The number of carbonyl (C=O) groups is 2. The maximum atomic E-state index is 14.0. The van der Waals surface area contributed by atoms with E-state index in [-0.39, 0.29) is 35.7 Å². The minimum Gasteiger partial charge on any atom is -0.358 e. The van der Waals surface area contributed by atoms with Crippen LogP contribution in [0.15, 0.2) is 95.8 Å². The Kier molecular flexibility index (Phi) is 13.2. The Balaban J connectivity index is 0.906. The van der Waals surface area contributed by atoms with Gasteiger partial charge in [-0.25, -0.2) is 29.9 Å². The number of hydrogen-bond donors (Lipinski definition) is 4. The number of thioether (sulfide) groups is 2. The molecule has 322 valence electrons. The van der Waals surface area contributed by atoms with Crippen LogP contribution in [-0.2, 0) is 9.59 Å². The van der Waals surface area contributed by atoms with Gasteiger partial charge in [-0.1, -0.05) is 99.7 Å². The maximum absolute atomic E-state index is 14.0. The van der Waals surface area contributed by atoms with Gasteiger partial charge in [0.25, 0.3) is 0 Å². The molecule has 0 bridgehead atoms. The van der Waals surface area contributed by atoms with E-state index < -0.39 is 12.1 Å². The molecule has 16 heteroatoms. The topological polar surface area (TPSA) is 174 Å². The van der Waals surface area contributed by atoms with Crippen molar-refractivity contribution in [1.29, 1.82) is 0 Å². The normalized spacial score (nSPS) is 17.5. The third-order valence-corrected chi connectivity index (χ3v) is 12.8. The van der Waals surface area contributed by atoms with E-state index in [1.807, 2.05) is 46.8 Å². The smallest absolute Gasteiger partial charge is 0.245 e. The van der Waals surface area contributed by atoms with Gasteiger partial charge in [-0.15, -0.1) is 0 Å². The second-order valence-corrected chi connectivity index (χ2v) is 18.0. The van der Waals surface area contributed by atoms with Crippen LogP contribution in [0.2, 0.25) is 0 Å². The van der Waals surface area contributed by atoms with Crippen molar-refractivity contribution in [3.05, 3.63) is 97.1 Å². The number of aromatic amines is 2. The van der Waals surface area contributed by atoms with Gasteiger partial charge in [0, 0.05) is 25.5 Å². The molecule has 2 unspecified atom stereocenters. The number of H-pyrrole nitrogens is 2. The average molecular weight is 871 g/mol. The van der Waals surface area contributed by atoms with Crippen LogP contribution >= 0.6 is 23.5 Å². The molecular weight excluding hydrogens is 817 g/mol. The molecule has 4 aromatic heterocycles. The molecule has 2 aromatic carbocycles. The first-order chi connectivity index (χ1) is 30.1. The highest BCUT2D eigenvalue weighted by atomic mass is 32.2. The number of rotatable bonds is 15. The lowest BCUT2D eigenvalue weighted by Crippen LogP contribution is -2.45. The monoisotopic (exact) mass is 870 g/mol. The fourth-order valence-corrected chi connectivity index (χ4v) is 9.07. The van der Waals surface area contributed by atoms with E-state index in [9.17, 15) is 9.59 Å². The summed E-state index contributed by atoms with van der Waals surface area (Å²) < 4.78 is 0. The minimum absolute atomic E-state index is 0.0501. The maximum Gasteiger partial charge on any atom is 0.245 e. The van der Waals surface area contributed by atoms with E-state index >= 15 is 0 Å². The van der Waals surface area contributed by atoms with Crippen LogP contribution in [0.1, 0.15) is 77.1 Å². The third-order valence-electron chi connectivity index (χ3n) is 11.7. The lowest BCUT2D eigenvalue weighted by atomic mass is 10.0. The number of likely N-dealkylation sites (tertiary alicyclic amines) is 2. The van der Waals surface area contributed by atoms with Gasteiger partial charge in [-0.05, 0) is 84.4 Å². The van der Waals surface area contributed by atoms with Gasteiger partial charge in [0.1, 0.15) is 35.4 Å². The number of carbonyl (C=O) groups excluding carboxylic acids is 2. The summed E-state index contributed by atoms with van der Waals surface area (Å²) in [5.41, 5.74) is 6.06. The molecule has 14 nitrogen and oxygen atoms in total. The number of nitrogens with one attached hydrogen (secondary N) is 4. The zero-order chi connectivity index (χ0) is 43.3. The van der Waals surface area contributed by atoms with Crippen molar-refractivity contribution >= 4 is 47.0 Å². The van der Waals surface area contributed by atoms with Crippen molar-refractivity contribution in [2.75, 3.05) is 36.2 Å². The first-order valence-electron chi connectivity index (χ1n) is 21.3. The molecule has 0 aliphatic carbocycles. The van der Waals surface area contributed by atoms with E-state index in [1.165, 1.54) is 23.5 Å². The Morgan fingerprint density at radius 2 is 0.984 bits per heavy atom. The Hall–Kier alpha value is -5.74. The fourth-order valence-electron chi connectivity index (χ4n) is 8.36. The number of imidazole rings is 2. The van der Waals surface area contributed by atoms with Crippen LogP contribution in [0, 0.1) is 11.8 Å². The van der Waals surface area contributed by atoms with Crippen molar-refractivity contribution in [2.24, 2.45) is 11.8 Å². The van der Waals surface area contributed by atoms with Crippen LogP contribution in [0.4, 0.5) is 11.6 Å². The lowest BCUT2D eigenvalue weighted by Gasteiger charge is -2.30. The van der Waals surface area contributed by atoms with Crippen molar-refractivity contribution in [3.63, 3.8) is 0 Å². The molecular formula is C46H54N12O2S2. The Morgan fingerprint density at radius 1 is 0.597 bits per heavy atom. The molecule has 2 amide bonds. The zero-order valence-electron chi connectivity index (χ0n) is 36.0. The summed E-state index contributed by atoms with van der Waals surface area (Å²) in [6.45, 7) is 9.57. The lowest BCUT2D eigenvalue weighted by molar-refractivity contribution is -0.134. The summed E-state index contributed by atoms with van der Waals surface area (Å²) in [5, 5.41) is 8.10. The number of nitrogens with zero attached hydrogens (tertiary/aromatic N) is 8. The molecule has 0 spiro atoms. The highest BCUT2D eigenvalue weighted by Gasteiger charge is 2.38. The Labute approximate surface area is 371 Å². The molecule has 62 heavy (non-hydrogen) atoms. The van der Waals surface area contributed by atoms with Crippen molar-refractivity contribution < 1.29 is 9.59 Å². The standard InChI is InChI=1S/C46H54N12O2S2/c1-27(2)39(53-37-19-21-47-45(55-37)61-5)43(59)57-23-7-9-35(57)41-49-25-33(51-41)31-15-11-29(12-16-31)30-13-17-32(18-14-30)34-26-50-42(52-34)36-10-8-24-58(36)44(60)40(28(3)4)54-38-20-22-48-46(56-38)62-6/h11-22,25-28,35-36,39-40H,7-10,23-24H2,1-6H3,(H,49,51)(H,50,52)(H,47,53,55)(H,48,54,56)/t35?,36?,39-,40-/m0/s1. The molecule has 4 atom stereocenters. The quantitative estimate of drug-likeness (QED) is 0.0572. The van der Waals surface area contributed by atoms with Crippen molar-refractivity contribution in [1.82, 2.24) is 49.7 Å². The second kappa shape index (κ2) is 19.1. The van der Waals surface area contributed by atoms with Crippen molar-refractivity contribution in [2.45, 2.75) is 87.9 Å². The molecule has 0 saturated carbocycles. The van der Waals surface area contributed by atoms with E-state index in [1.54, 1.807) is 12.4 Å². The summed E-state index contributed by atoms with van der Waals surface area (Å²) in [6.07, 6.45) is 14.6. The fraction of sp³-hybridized carbons (Fsp3) is 0.391. The van der Waals surface area contributed by atoms with Crippen LogP contribution < -0.4 is 10.6 Å². The van der Waals surface area contributed by atoms with Gasteiger partial charge in [0.15, 0.2) is 10.3 Å². The molecule has 2 aliphatic heterocycles. The van der Waals surface area contributed by atoms with Gasteiger partial charge in [0.2, 0.25) is 11.8 Å². The first-order valence-corrected chi connectivity index (χ1v) is 23.7. The average Bonchev–Trinajstić information content (AvgIpc) is 4.14. The summed E-state index contributed by atoms with van der Waals surface area (Å²) in [5.74, 6) is 3.11. The highest BCUT2D eigenvalue weighted by Crippen LogP contribution is 2.36. The van der Waals surface area contributed by atoms with Crippen LogP contribution in [-0.4, -0.2) is 99.2 Å². The van der Waals surface area contributed by atoms with Crippen LogP contribution in [0.3, 0.4) is 0 Å². The van der Waals surface area contributed by atoms with Gasteiger partial charge in [-0.2, -0.15) is 0 Å². The number of aromatic nitrogens is 8. The van der Waals surface area contributed by atoms with Crippen LogP contribution in [0.5, 0.6) is 0 Å². The van der Waals surface area contributed by atoms with E-state index in [0.717, 1.165) is 71.0 Å². The highest BCUT2D eigenvalue weighted by molar-refractivity contribution is 7.98. The first kappa shape index (κ1) is 42.9. The molecule has 0 radical (unpaired) electrons. The Bertz CT molecular complexity index is 2300. The third kappa shape index (κ3) is 9.36. The summed E-state index contributed by atoms with van der Waals surface area (Å²) in [7, 11) is 0. The van der Waals surface area contributed by atoms with Crippen LogP contribution in [0.25, 0.3) is 33.6 Å². The molecule has 6 heterocycles. The summed E-state index contributed by atoms with van der Waals surface area (Å²) in [6, 6.07) is 19.4. The summed E-state index contributed by atoms with van der Waals surface area (Å²) >= 11 is 2.94. The SMILES string of the molecule is CSc1nccc(N[C@H](C(=O)N2CCCC2c2ncc(-c3ccc(-c4ccc(-c5cnc(C6CCCN6C(=O)[C@@H](Nc6ccnc(SC)n6)C(C)C)[nH]5)cc4)cc3)[nH]2)C(C)C)n1. The largest absolute Gasteiger partial charge is 0.358 e. The number of benzene rings is 2. The molecule has 6 aromatic rings. The van der Waals surface area contributed by atoms with Crippen molar-refractivity contribution in [3.8, 4) is 33.6 Å². The van der Waals surface area contributed by atoms with Gasteiger partial charge in [0.05, 0.1) is 35.9 Å². The molecule has 4 N–H and O–H groups in total. The van der Waals surface area contributed by atoms with Gasteiger partial charge < -0.3 is 30.4 Å². The zero-order valence-corrected chi connectivity index (χ0v) is 37.6. The molecule has 2 fully saturated rings. The van der Waals surface area contributed by atoms with E-state index in [4.69, 9.17) is 9.97 Å². The predicted molar refractivity (Wildman–Crippen MR) is 247 cm³/mol. The van der Waals surface area contributed by atoms with E-state index in [2.05, 4.69) is 117 Å². The van der Waals surface area contributed by atoms with Gasteiger partial charge in [-0.3, -0.25) is 9.59 Å². The predicted octanol–water partition coefficient (Wildman–Crippen LogP) is 8.76. The van der Waals surface area contributed by atoms with Gasteiger partial charge >= 0.3 is 0 Å². The van der Waals surface area contributed by atoms with E-state index in [0.29, 0.717) is 35.0 Å². The number of anilines is 2. The minimum atomic E-state index is -0.426. The Morgan fingerprint density at radius 3 is 1.35 bits per heavy atom. The molecule has 2 aliphatic rings. The second-order valence-electron chi connectivity index (χ2n) is 16.5.